The summed E-state index contributed by atoms with van der Waals surface area (Å²) >= 11 is 0. The maximum absolute atomic E-state index is 5.94. The summed E-state index contributed by atoms with van der Waals surface area (Å²) in [6.45, 7) is 6.68. The van der Waals surface area contributed by atoms with Crippen molar-refractivity contribution < 1.29 is 4.74 Å². The van der Waals surface area contributed by atoms with E-state index in [9.17, 15) is 0 Å². The molecule has 2 aromatic heterocycles. The highest BCUT2D eigenvalue weighted by Gasteiger charge is 2.26. The molecule has 0 aliphatic carbocycles. The largest absolute Gasteiger partial charge is 0.372 e. The molecule has 0 unspecified atom stereocenters. The molecule has 4 nitrogen and oxygen atoms in total. The van der Waals surface area contributed by atoms with Crippen LogP contribution in [-0.4, -0.2) is 34.6 Å². The van der Waals surface area contributed by atoms with E-state index in [1.807, 2.05) is 12.3 Å². The van der Waals surface area contributed by atoms with E-state index >= 15 is 0 Å². The molecule has 1 N–H and O–H groups in total. The van der Waals surface area contributed by atoms with Crippen molar-refractivity contribution >= 4 is 11.0 Å². The number of H-pyrrole nitrogens is 1. The minimum Gasteiger partial charge on any atom is -0.372 e. The number of likely N-dealkylation sites (tertiary alicyclic amines) is 1. The number of hydrogen-bond donors (Lipinski definition) is 1. The van der Waals surface area contributed by atoms with Crippen LogP contribution in [0.25, 0.3) is 11.0 Å². The second kappa shape index (κ2) is 6.01. The Hall–Kier alpha value is -1.39. The lowest BCUT2D eigenvalue weighted by atomic mass is 9.99. The van der Waals surface area contributed by atoms with Crippen LogP contribution in [0, 0.1) is 5.92 Å². The molecule has 4 rings (SSSR count). The van der Waals surface area contributed by atoms with Crippen LogP contribution in [0.15, 0.2) is 18.3 Å². The van der Waals surface area contributed by atoms with Crippen molar-refractivity contribution in [1.82, 2.24) is 14.9 Å². The first-order valence-corrected chi connectivity index (χ1v) is 8.60. The van der Waals surface area contributed by atoms with Crippen molar-refractivity contribution in [2.45, 2.75) is 45.3 Å². The van der Waals surface area contributed by atoms with Crippen molar-refractivity contribution in [3.05, 3.63) is 29.6 Å². The van der Waals surface area contributed by atoms with Crippen molar-refractivity contribution in [2.75, 3.05) is 19.7 Å². The van der Waals surface area contributed by atoms with Crippen LogP contribution in [0.3, 0.4) is 0 Å². The molecule has 2 saturated heterocycles. The molecule has 2 fully saturated rings. The Balaban J connectivity index is 1.68. The van der Waals surface area contributed by atoms with Crippen molar-refractivity contribution in [3.8, 4) is 0 Å². The van der Waals surface area contributed by atoms with Gasteiger partial charge in [0.05, 0.1) is 11.8 Å². The van der Waals surface area contributed by atoms with Gasteiger partial charge < -0.3 is 9.72 Å². The number of rotatable bonds is 3. The molecule has 22 heavy (non-hydrogen) atoms. The van der Waals surface area contributed by atoms with Gasteiger partial charge >= 0.3 is 0 Å². The van der Waals surface area contributed by atoms with Crippen LogP contribution in [0.2, 0.25) is 0 Å². The van der Waals surface area contributed by atoms with E-state index in [0.717, 1.165) is 37.6 Å². The molecule has 0 saturated carbocycles. The highest BCUT2D eigenvalue weighted by Crippen LogP contribution is 2.34. The molecular weight excluding hydrogens is 274 g/mol. The van der Waals surface area contributed by atoms with Gasteiger partial charge in [0.1, 0.15) is 5.65 Å². The van der Waals surface area contributed by atoms with Crippen LogP contribution >= 0.6 is 0 Å². The third-order valence-corrected chi connectivity index (χ3v) is 5.09. The molecule has 2 aliphatic rings. The molecule has 4 heterocycles. The molecule has 2 aromatic rings. The summed E-state index contributed by atoms with van der Waals surface area (Å²) in [6.07, 6.45) is 7.06. The number of pyridine rings is 1. The zero-order valence-corrected chi connectivity index (χ0v) is 13.3. The number of nitrogens with one attached hydrogen (secondary N) is 1. The van der Waals surface area contributed by atoms with Crippen molar-refractivity contribution in [3.63, 3.8) is 0 Å². The van der Waals surface area contributed by atoms with Gasteiger partial charge in [0.15, 0.2) is 0 Å². The monoisotopic (exact) mass is 299 g/mol. The van der Waals surface area contributed by atoms with E-state index in [1.54, 1.807) is 0 Å². The maximum atomic E-state index is 5.94. The van der Waals surface area contributed by atoms with E-state index in [2.05, 4.69) is 27.9 Å². The van der Waals surface area contributed by atoms with Crippen molar-refractivity contribution in [1.29, 1.82) is 0 Å². The summed E-state index contributed by atoms with van der Waals surface area (Å²) in [6, 6.07) is 4.23. The molecule has 2 atom stereocenters. The van der Waals surface area contributed by atoms with Crippen LogP contribution in [0.4, 0.5) is 0 Å². The normalized spacial score (nSPS) is 26.8. The van der Waals surface area contributed by atoms with Crippen LogP contribution in [-0.2, 0) is 11.3 Å². The summed E-state index contributed by atoms with van der Waals surface area (Å²) in [5, 5.41) is 1.27. The average Bonchev–Trinajstić information content (AvgIpc) is 3.15. The summed E-state index contributed by atoms with van der Waals surface area (Å²) in [7, 11) is 0. The molecule has 0 bridgehead atoms. The molecule has 0 radical (unpaired) electrons. The Morgan fingerprint density at radius 1 is 1.36 bits per heavy atom. The number of nitrogens with zero attached hydrogens (tertiary/aromatic N) is 2. The Bertz CT molecular complexity index is 645. The zero-order valence-electron chi connectivity index (χ0n) is 13.3. The third kappa shape index (κ3) is 2.66. The van der Waals surface area contributed by atoms with Crippen LogP contribution in [0.1, 0.15) is 50.0 Å². The molecule has 0 spiro atoms. The zero-order chi connectivity index (χ0) is 14.9. The number of hydrogen-bond acceptors (Lipinski definition) is 3. The second-order valence-corrected chi connectivity index (χ2v) is 6.90. The first-order chi connectivity index (χ1) is 10.8. The topological polar surface area (TPSA) is 41.1 Å². The van der Waals surface area contributed by atoms with Gasteiger partial charge in [-0.2, -0.15) is 0 Å². The predicted molar refractivity (Wildman–Crippen MR) is 87.7 cm³/mol. The number of ether oxygens (including phenoxy) is 1. The van der Waals surface area contributed by atoms with E-state index in [4.69, 9.17) is 4.74 Å². The van der Waals surface area contributed by atoms with E-state index in [-0.39, 0.29) is 6.10 Å². The van der Waals surface area contributed by atoms with Gasteiger partial charge in [-0.1, -0.05) is 6.92 Å². The predicted octanol–water partition coefficient (Wildman–Crippen LogP) is 3.65. The lowest BCUT2D eigenvalue weighted by Crippen LogP contribution is -2.34. The maximum Gasteiger partial charge on any atom is 0.137 e. The first-order valence-electron chi connectivity index (χ1n) is 8.60. The third-order valence-electron chi connectivity index (χ3n) is 5.09. The first kappa shape index (κ1) is 14.2. The van der Waals surface area contributed by atoms with Crippen molar-refractivity contribution in [2.24, 2.45) is 5.92 Å². The lowest BCUT2D eigenvalue weighted by molar-refractivity contribution is 0.106. The smallest absolute Gasteiger partial charge is 0.137 e. The minimum absolute atomic E-state index is 0.228. The summed E-state index contributed by atoms with van der Waals surface area (Å²) in [5.74, 6) is 0.809. The summed E-state index contributed by atoms with van der Waals surface area (Å²) in [5.41, 5.74) is 3.68. The summed E-state index contributed by atoms with van der Waals surface area (Å²) in [4.78, 5) is 10.7. The van der Waals surface area contributed by atoms with Gasteiger partial charge in [-0.05, 0) is 55.8 Å². The number of piperidine rings is 1. The SMILES string of the molecule is C[C@@H]1CCCN(Cc2c([C@H]3CCCO3)[nH]c3ncccc23)C1. The lowest BCUT2D eigenvalue weighted by Gasteiger charge is -2.31. The van der Waals surface area contributed by atoms with Gasteiger partial charge in [0.2, 0.25) is 0 Å². The second-order valence-electron chi connectivity index (χ2n) is 6.90. The van der Waals surface area contributed by atoms with Gasteiger partial charge in [0.25, 0.3) is 0 Å². The molecule has 0 aromatic carbocycles. The molecular formula is C18H25N3O. The number of aromatic nitrogens is 2. The fourth-order valence-electron chi connectivity index (χ4n) is 4.00. The highest BCUT2D eigenvalue weighted by molar-refractivity contribution is 5.81. The fraction of sp³-hybridized carbons (Fsp3) is 0.611. The van der Waals surface area contributed by atoms with E-state index in [1.165, 1.54) is 42.6 Å². The van der Waals surface area contributed by atoms with E-state index in [0.29, 0.717) is 0 Å². The highest BCUT2D eigenvalue weighted by atomic mass is 16.5. The van der Waals surface area contributed by atoms with E-state index < -0.39 is 0 Å². The van der Waals surface area contributed by atoms with Gasteiger partial charge in [-0.25, -0.2) is 4.98 Å². The van der Waals surface area contributed by atoms with Crippen LogP contribution in [0.5, 0.6) is 0 Å². The fourth-order valence-corrected chi connectivity index (χ4v) is 4.00. The minimum atomic E-state index is 0.228. The Morgan fingerprint density at radius 3 is 3.14 bits per heavy atom. The quantitative estimate of drug-likeness (QED) is 0.940. The molecule has 0 amide bonds. The standard InChI is InChI=1S/C18H25N3O/c1-13-5-3-9-21(11-13)12-15-14-6-2-8-19-18(14)20-17(15)16-7-4-10-22-16/h2,6,8,13,16H,3-5,7,9-12H2,1H3,(H,19,20)/t13-,16-/m1/s1. The average molecular weight is 299 g/mol. The molecule has 118 valence electrons. The Kier molecular flexibility index (Phi) is 3.89. The van der Waals surface area contributed by atoms with Gasteiger partial charge in [-0.15, -0.1) is 0 Å². The Morgan fingerprint density at radius 2 is 2.32 bits per heavy atom. The van der Waals surface area contributed by atoms with Gasteiger partial charge in [-0.3, -0.25) is 4.90 Å². The van der Waals surface area contributed by atoms with Gasteiger partial charge in [0, 0.05) is 31.3 Å². The Labute approximate surface area is 131 Å². The number of aromatic amines is 1. The molecule has 2 aliphatic heterocycles. The molecule has 4 heteroatoms. The summed E-state index contributed by atoms with van der Waals surface area (Å²) < 4.78 is 5.94. The van der Waals surface area contributed by atoms with Crippen LogP contribution < -0.4 is 0 Å². The number of fused-ring (bicyclic) bond motifs is 1.